The Balaban J connectivity index is 0.00000264. The molecule has 1 atom stereocenters. The number of piperidine rings is 1. The van der Waals surface area contributed by atoms with Crippen molar-refractivity contribution in [2.45, 2.75) is 69.9 Å². The summed E-state index contributed by atoms with van der Waals surface area (Å²) in [6, 6.07) is 0. The third kappa shape index (κ3) is 5.31. The Morgan fingerprint density at radius 1 is 1.26 bits per heavy atom. The number of likely N-dealkylation sites (tertiary alicyclic amines) is 1. The maximum absolute atomic E-state index is 12.4. The molecule has 136 valence electrons. The second kappa shape index (κ2) is 9.21. The zero-order chi connectivity index (χ0) is 16.1. The molecule has 5 nitrogen and oxygen atoms in total. The maximum Gasteiger partial charge on any atom is 0.239 e. The van der Waals surface area contributed by atoms with Gasteiger partial charge in [-0.2, -0.15) is 0 Å². The third-order valence-corrected chi connectivity index (χ3v) is 5.32. The summed E-state index contributed by atoms with van der Waals surface area (Å²) in [5.41, 5.74) is 5.46. The molecule has 1 amide bonds. The molecule has 6 heteroatoms. The Hall–Kier alpha value is -0.360. The minimum atomic E-state index is -0.761. The minimum Gasteiger partial charge on any atom is -0.381 e. The number of amides is 1. The molecular weight excluding hydrogens is 314 g/mol. The molecule has 0 saturated carbocycles. The minimum absolute atomic E-state index is 0. The lowest BCUT2D eigenvalue weighted by Crippen LogP contribution is -2.62. The molecular formula is C17H34ClN3O2. The van der Waals surface area contributed by atoms with E-state index in [1.54, 1.807) is 0 Å². The van der Waals surface area contributed by atoms with E-state index in [9.17, 15) is 4.79 Å². The van der Waals surface area contributed by atoms with Crippen LogP contribution < -0.4 is 11.1 Å². The molecule has 1 unspecified atom stereocenters. The van der Waals surface area contributed by atoms with E-state index in [0.29, 0.717) is 6.54 Å². The highest BCUT2D eigenvalue weighted by Gasteiger charge is 2.40. The van der Waals surface area contributed by atoms with Crippen molar-refractivity contribution in [1.29, 1.82) is 0 Å². The van der Waals surface area contributed by atoms with Gasteiger partial charge in [-0.15, -0.1) is 12.4 Å². The summed E-state index contributed by atoms with van der Waals surface area (Å²) >= 11 is 0. The van der Waals surface area contributed by atoms with Crippen LogP contribution in [0.1, 0.15) is 58.8 Å². The Labute approximate surface area is 147 Å². The van der Waals surface area contributed by atoms with Crippen molar-refractivity contribution in [1.82, 2.24) is 10.2 Å². The summed E-state index contributed by atoms with van der Waals surface area (Å²) in [5, 5.41) is 3.15. The van der Waals surface area contributed by atoms with Crippen LogP contribution >= 0.6 is 12.4 Å². The van der Waals surface area contributed by atoms with Gasteiger partial charge in [0.1, 0.15) is 0 Å². The number of ether oxygens (including phenoxy) is 1. The van der Waals surface area contributed by atoms with E-state index in [4.69, 9.17) is 10.5 Å². The fourth-order valence-electron chi connectivity index (χ4n) is 3.80. The van der Waals surface area contributed by atoms with Crippen LogP contribution in [0.25, 0.3) is 0 Å². The van der Waals surface area contributed by atoms with Gasteiger partial charge in [0.25, 0.3) is 0 Å². The smallest absolute Gasteiger partial charge is 0.239 e. The number of halogens is 1. The van der Waals surface area contributed by atoms with Crippen molar-refractivity contribution >= 4 is 18.3 Å². The topological polar surface area (TPSA) is 67.6 Å². The molecule has 2 rings (SSSR count). The Morgan fingerprint density at radius 2 is 1.87 bits per heavy atom. The van der Waals surface area contributed by atoms with E-state index in [1.807, 2.05) is 6.92 Å². The SMILES string of the molecule is CCCC(C)(N)C(=O)NCC1(N2CCCCC2)CCOCC1.Cl. The molecule has 23 heavy (non-hydrogen) atoms. The van der Waals surface area contributed by atoms with Gasteiger partial charge in [-0.1, -0.05) is 19.8 Å². The van der Waals surface area contributed by atoms with Gasteiger partial charge in [-0.25, -0.2) is 0 Å². The number of hydrogen-bond donors (Lipinski definition) is 2. The standard InChI is InChI=1S/C17H33N3O2.ClH/c1-3-7-16(2,18)15(21)19-14-17(8-12-22-13-9-17)20-10-5-4-6-11-20;/h3-14,18H2,1-2H3,(H,19,21);1H. The first-order valence-corrected chi connectivity index (χ1v) is 8.90. The molecule has 0 aromatic heterocycles. The normalized spacial score (nSPS) is 24.3. The van der Waals surface area contributed by atoms with Gasteiger partial charge in [0.05, 0.1) is 5.54 Å². The largest absolute Gasteiger partial charge is 0.381 e. The molecule has 0 aromatic carbocycles. The second-order valence-corrected chi connectivity index (χ2v) is 7.23. The van der Waals surface area contributed by atoms with E-state index in [2.05, 4.69) is 17.1 Å². The van der Waals surface area contributed by atoms with Crippen LogP contribution in [0.3, 0.4) is 0 Å². The lowest BCUT2D eigenvalue weighted by atomic mass is 9.85. The third-order valence-electron chi connectivity index (χ3n) is 5.32. The second-order valence-electron chi connectivity index (χ2n) is 7.23. The number of nitrogens with two attached hydrogens (primary N) is 1. The van der Waals surface area contributed by atoms with Crippen molar-refractivity contribution < 1.29 is 9.53 Å². The first-order chi connectivity index (χ1) is 10.5. The Kier molecular flexibility index (Phi) is 8.28. The van der Waals surface area contributed by atoms with Gasteiger partial charge in [0.2, 0.25) is 5.91 Å². The molecule has 0 spiro atoms. The Morgan fingerprint density at radius 3 is 2.43 bits per heavy atom. The highest BCUT2D eigenvalue weighted by molar-refractivity contribution is 5.85. The van der Waals surface area contributed by atoms with Crippen molar-refractivity contribution in [3.8, 4) is 0 Å². The van der Waals surface area contributed by atoms with Crippen LogP contribution in [0.4, 0.5) is 0 Å². The average Bonchev–Trinajstić information content (AvgIpc) is 2.54. The molecule has 0 aliphatic carbocycles. The number of rotatable bonds is 6. The molecule has 0 aromatic rings. The Bertz CT molecular complexity index is 365. The molecule has 0 bridgehead atoms. The van der Waals surface area contributed by atoms with Gasteiger partial charge >= 0.3 is 0 Å². The number of nitrogens with one attached hydrogen (secondary N) is 1. The van der Waals surface area contributed by atoms with E-state index in [-0.39, 0.29) is 23.9 Å². The zero-order valence-electron chi connectivity index (χ0n) is 14.7. The lowest BCUT2D eigenvalue weighted by Gasteiger charge is -2.48. The van der Waals surface area contributed by atoms with Crippen LogP contribution in [-0.4, -0.2) is 54.7 Å². The van der Waals surface area contributed by atoms with Crippen LogP contribution in [0.15, 0.2) is 0 Å². The predicted octanol–water partition coefficient (Wildman–Crippen LogP) is 2.08. The van der Waals surface area contributed by atoms with E-state index in [0.717, 1.165) is 52.0 Å². The van der Waals surface area contributed by atoms with Gasteiger partial charge in [0.15, 0.2) is 0 Å². The number of carbonyl (C=O) groups excluding carboxylic acids is 1. The van der Waals surface area contributed by atoms with Gasteiger partial charge in [-0.05, 0) is 52.1 Å². The number of nitrogens with zero attached hydrogens (tertiary/aromatic N) is 1. The van der Waals surface area contributed by atoms with E-state index in [1.165, 1.54) is 19.3 Å². The summed E-state index contributed by atoms with van der Waals surface area (Å²) < 4.78 is 5.56. The summed E-state index contributed by atoms with van der Waals surface area (Å²) in [7, 11) is 0. The molecule has 2 saturated heterocycles. The van der Waals surface area contributed by atoms with Crippen molar-refractivity contribution in [3.05, 3.63) is 0 Å². The molecule has 2 fully saturated rings. The summed E-state index contributed by atoms with van der Waals surface area (Å²) in [5.74, 6) is -0.0165. The first-order valence-electron chi connectivity index (χ1n) is 8.90. The molecule has 3 N–H and O–H groups in total. The first kappa shape index (κ1) is 20.7. The fourth-order valence-corrected chi connectivity index (χ4v) is 3.80. The predicted molar refractivity (Wildman–Crippen MR) is 96.0 cm³/mol. The van der Waals surface area contributed by atoms with E-state index < -0.39 is 5.54 Å². The molecule has 0 radical (unpaired) electrons. The van der Waals surface area contributed by atoms with Gasteiger partial charge in [-0.3, -0.25) is 9.69 Å². The number of carbonyl (C=O) groups is 1. The summed E-state index contributed by atoms with van der Waals surface area (Å²) in [6.07, 6.45) is 7.50. The van der Waals surface area contributed by atoms with Crippen LogP contribution in [-0.2, 0) is 9.53 Å². The van der Waals surface area contributed by atoms with Gasteiger partial charge < -0.3 is 15.8 Å². The van der Waals surface area contributed by atoms with Crippen LogP contribution in [0, 0.1) is 0 Å². The van der Waals surface area contributed by atoms with Crippen molar-refractivity contribution in [3.63, 3.8) is 0 Å². The average molecular weight is 348 g/mol. The van der Waals surface area contributed by atoms with Crippen molar-refractivity contribution in [2.75, 3.05) is 32.8 Å². The van der Waals surface area contributed by atoms with Crippen molar-refractivity contribution in [2.24, 2.45) is 5.73 Å². The van der Waals surface area contributed by atoms with Crippen LogP contribution in [0.5, 0.6) is 0 Å². The lowest BCUT2D eigenvalue weighted by molar-refractivity contribution is -0.127. The quantitative estimate of drug-likeness (QED) is 0.772. The fraction of sp³-hybridized carbons (Fsp3) is 0.941. The maximum atomic E-state index is 12.4. The van der Waals surface area contributed by atoms with Gasteiger partial charge in [0, 0.05) is 25.3 Å². The molecule has 2 aliphatic heterocycles. The summed E-state index contributed by atoms with van der Waals surface area (Å²) in [4.78, 5) is 15.0. The summed E-state index contributed by atoms with van der Waals surface area (Å²) in [6.45, 7) is 8.47. The zero-order valence-corrected chi connectivity index (χ0v) is 15.6. The monoisotopic (exact) mass is 347 g/mol. The molecule has 2 aliphatic rings. The highest BCUT2D eigenvalue weighted by Crippen LogP contribution is 2.30. The molecule has 2 heterocycles. The highest BCUT2D eigenvalue weighted by atomic mass is 35.5. The number of hydrogen-bond acceptors (Lipinski definition) is 4. The van der Waals surface area contributed by atoms with Crippen LogP contribution in [0.2, 0.25) is 0 Å². The van der Waals surface area contributed by atoms with E-state index >= 15 is 0 Å².